The molecule has 0 spiro atoms. The summed E-state index contributed by atoms with van der Waals surface area (Å²) in [5.41, 5.74) is 2.94. The molecule has 2 aliphatic rings. The Morgan fingerprint density at radius 3 is 2.41 bits per heavy atom. The van der Waals surface area contributed by atoms with Crippen molar-refractivity contribution in [3.8, 4) is 5.75 Å². The van der Waals surface area contributed by atoms with Crippen LogP contribution in [0.3, 0.4) is 0 Å². The van der Waals surface area contributed by atoms with Gasteiger partial charge < -0.3 is 14.5 Å². The van der Waals surface area contributed by atoms with Crippen LogP contribution in [-0.4, -0.2) is 51.1 Å². The Morgan fingerprint density at radius 2 is 1.76 bits per heavy atom. The molecule has 2 fully saturated rings. The van der Waals surface area contributed by atoms with Crippen LogP contribution in [0.1, 0.15) is 12.0 Å². The van der Waals surface area contributed by atoms with Crippen molar-refractivity contribution in [1.82, 2.24) is 0 Å². The van der Waals surface area contributed by atoms with Gasteiger partial charge in [-0.1, -0.05) is 17.7 Å². The summed E-state index contributed by atoms with van der Waals surface area (Å²) in [6.45, 7) is 5.36. The third-order valence-electron chi connectivity index (χ3n) is 5.89. The number of carbonyl (C=O) groups is 2. The summed E-state index contributed by atoms with van der Waals surface area (Å²) in [7, 11) is 1.59. The Morgan fingerprint density at radius 1 is 1.07 bits per heavy atom. The average Bonchev–Trinajstić information content (AvgIpc) is 3.04. The molecular formula is C22H25ClN3O3+. The lowest BCUT2D eigenvalue weighted by atomic mass is 10.1. The standard InChI is InChI=1S/C22H24ClN3O3/c1-15-3-4-16(23)13-19(15)24-9-11-25(12-10-24)20-14-21(27)26(22(20)28)17-5-7-18(29-2)8-6-17/h3-8,13,20H,9-12,14H2,1-2H3/p+1/t20-/m0/s1. The van der Waals surface area contributed by atoms with Gasteiger partial charge in [-0.15, -0.1) is 0 Å². The number of piperazine rings is 1. The van der Waals surface area contributed by atoms with Crippen molar-refractivity contribution in [1.29, 1.82) is 0 Å². The number of hydrogen-bond acceptors (Lipinski definition) is 4. The lowest BCUT2D eigenvalue weighted by Crippen LogP contribution is -3.19. The van der Waals surface area contributed by atoms with Crippen LogP contribution >= 0.6 is 11.6 Å². The summed E-state index contributed by atoms with van der Waals surface area (Å²) < 4.78 is 5.16. The number of benzene rings is 2. The van der Waals surface area contributed by atoms with Crippen molar-refractivity contribution < 1.29 is 19.2 Å². The van der Waals surface area contributed by atoms with Crippen LogP contribution in [0.15, 0.2) is 42.5 Å². The van der Waals surface area contributed by atoms with Gasteiger partial charge in [-0.25, -0.2) is 4.90 Å². The molecule has 1 atom stereocenters. The van der Waals surface area contributed by atoms with E-state index in [1.165, 1.54) is 15.4 Å². The minimum atomic E-state index is -0.313. The second-order valence-corrected chi connectivity index (χ2v) is 8.03. The summed E-state index contributed by atoms with van der Waals surface area (Å²) >= 11 is 6.17. The van der Waals surface area contributed by atoms with Gasteiger partial charge in [0.25, 0.3) is 5.91 Å². The fourth-order valence-electron chi connectivity index (χ4n) is 4.26. The molecule has 0 aliphatic carbocycles. The Labute approximate surface area is 175 Å². The molecule has 0 aromatic heterocycles. The van der Waals surface area contributed by atoms with Crippen LogP contribution in [0.2, 0.25) is 5.02 Å². The van der Waals surface area contributed by atoms with Gasteiger partial charge in [0.05, 0.1) is 45.4 Å². The highest BCUT2D eigenvalue weighted by Crippen LogP contribution is 2.26. The van der Waals surface area contributed by atoms with Crippen LogP contribution in [0.25, 0.3) is 0 Å². The molecule has 6 nitrogen and oxygen atoms in total. The molecular weight excluding hydrogens is 390 g/mol. The molecule has 1 N–H and O–H groups in total. The molecule has 2 aliphatic heterocycles. The maximum atomic E-state index is 13.0. The molecule has 0 saturated carbocycles. The third-order valence-corrected chi connectivity index (χ3v) is 6.12. The summed E-state index contributed by atoms with van der Waals surface area (Å²) in [5, 5.41) is 0.729. The van der Waals surface area contributed by atoms with E-state index in [0.717, 1.165) is 36.9 Å². The van der Waals surface area contributed by atoms with E-state index in [2.05, 4.69) is 11.8 Å². The van der Waals surface area contributed by atoms with E-state index in [1.807, 2.05) is 18.2 Å². The molecule has 2 aromatic rings. The number of anilines is 2. The first kappa shape index (κ1) is 19.7. The number of carbonyl (C=O) groups excluding carboxylic acids is 2. The van der Waals surface area contributed by atoms with Crippen molar-refractivity contribution in [2.24, 2.45) is 0 Å². The molecule has 29 heavy (non-hydrogen) atoms. The van der Waals surface area contributed by atoms with Crippen LogP contribution in [0.4, 0.5) is 11.4 Å². The highest BCUT2D eigenvalue weighted by atomic mass is 35.5. The first-order valence-electron chi connectivity index (χ1n) is 9.84. The highest BCUT2D eigenvalue weighted by molar-refractivity contribution is 6.30. The second kappa shape index (κ2) is 8.05. The zero-order valence-corrected chi connectivity index (χ0v) is 17.4. The Bertz CT molecular complexity index is 923. The predicted octanol–water partition coefficient (Wildman–Crippen LogP) is 1.69. The van der Waals surface area contributed by atoms with Gasteiger partial charge in [-0.05, 0) is 48.9 Å². The van der Waals surface area contributed by atoms with Crippen LogP contribution in [0.5, 0.6) is 5.75 Å². The molecule has 4 rings (SSSR count). The number of amides is 2. The molecule has 152 valence electrons. The normalized spacial score (nSPS) is 20.4. The predicted molar refractivity (Wildman–Crippen MR) is 113 cm³/mol. The zero-order valence-electron chi connectivity index (χ0n) is 16.7. The van der Waals surface area contributed by atoms with E-state index >= 15 is 0 Å². The Kier molecular flexibility index (Phi) is 5.48. The van der Waals surface area contributed by atoms with E-state index in [4.69, 9.17) is 16.3 Å². The topological polar surface area (TPSA) is 54.3 Å². The maximum absolute atomic E-state index is 13.0. The van der Waals surface area contributed by atoms with Crippen molar-refractivity contribution in [3.05, 3.63) is 53.1 Å². The number of imide groups is 1. The maximum Gasteiger partial charge on any atom is 0.292 e. The number of nitrogens with one attached hydrogen (secondary N) is 1. The van der Waals surface area contributed by atoms with Gasteiger partial charge in [0, 0.05) is 10.7 Å². The van der Waals surface area contributed by atoms with Crippen LogP contribution < -0.4 is 19.4 Å². The summed E-state index contributed by atoms with van der Waals surface area (Å²) in [6, 6.07) is 12.7. The Hall–Kier alpha value is -2.57. The Balaban J connectivity index is 1.44. The van der Waals surface area contributed by atoms with Gasteiger partial charge in [-0.3, -0.25) is 9.59 Å². The number of nitrogens with zero attached hydrogens (tertiary/aromatic N) is 2. The first-order valence-corrected chi connectivity index (χ1v) is 10.2. The van der Waals surface area contributed by atoms with Crippen molar-refractivity contribution in [2.45, 2.75) is 19.4 Å². The number of halogens is 1. The number of aryl methyl sites for hydroxylation is 1. The SMILES string of the molecule is COc1ccc(N2C(=O)C[C@H]([NH+]3CCN(c4cc(Cl)ccc4C)CC3)C2=O)cc1. The number of methoxy groups -OCH3 is 1. The lowest BCUT2D eigenvalue weighted by Gasteiger charge is -2.36. The largest absolute Gasteiger partial charge is 0.497 e. The van der Waals surface area contributed by atoms with Crippen molar-refractivity contribution in [2.75, 3.05) is 43.1 Å². The quantitative estimate of drug-likeness (QED) is 0.774. The summed E-state index contributed by atoms with van der Waals surface area (Å²) in [6.07, 6.45) is 0.260. The van der Waals surface area contributed by atoms with Crippen LogP contribution in [0, 0.1) is 6.92 Å². The summed E-state index contributed by atoms with van der Waals surface area (Å²) in [5.74, 6) is 0.454. The van der Waals surface area contributed by atoms with Crippen LogP contribution in [-0.2, 0) is 9.59 Å². The molecule has 2 heterocycles. The average molecular weight is 415 g/mol. The van der Waals surface area contributed by atoms with Gasteiger partial charge in [-0.2, -0.15) is 0 Å². The molecule has 2 aromatic carbocycles. The monoisotopic (exact) mass is 414 g/mol. The molecule has 2 amide bonds. The molecule has 0 bridgehead atoms. The number of hydrogen-bond donors (Lipinski definition) is 1. The molecule has 2 saturated heterocycles. The minimum absolute atomic E-state index is 0.109. The second-order valence-electron chi connectivity index (χ2n) is 7.60. The van der Waals surface area contributed by atoms with Gasteiger partial charge in [0.15, 0.2) is 6.04 Å². The lowest BCUT2D eigenvalue weighted by molar-refractivity contribution is -0.915. The van der Waals surface area contributed by atoms with Gasteiger partial charge in [0.1, 0.15) is 5.75 Å². The number of rotatable bonds is 4. The fraction of sp³-hybridized carbons (Fsp3) is 0.364. The van der Waals surface area contributed by atoms with Gasteiger partial charge >= 0.3 is 0 Å². The molecule has 7 heteroatoms. The van der Waals surface area contributed by atoms with E-state index in [9.17, 15) is 9.59 Å². The summed E-state index contributed by atoms with van der Waals surface area (Å²) in [4.78, 5) is 30.5. The minimum Gasteiger partial charge on any atom is -0.497 e. The zero-order chi connectivity index (χ0) is 20.5. The van der Waals surface area contributed by atoms with E-state index in [-0.39, 0.29) is 24.3 Å². The van der Waals surface area contributed by atoms with Crippen molar-refractivity contribution in [3.63, 3.8) is 0 Å². The first-order chi connectivity index (χ1) is 14.0. The third kappa shape index (κ3) is 3.82. The molecule has 0 unspecified atom stereocenters. The smallest absolute Gasteiger partial charge is 0.292 e. The molecule has 0 radical (unpaired) electrons. The van der Waals surface area contributed by atoms with E-state index in [0.29, 0.717) is 11.4 Å². The van der Waals surface area contributed by atoms with Crippen molar-refractivity contribution >= 4 is 34.8 Å². The number of quaternary nitrogens is 1. The van der Waals surface area contributed by atoms with E-state index in [1.54, 1.807) is 31.4 Å². The van der Waals surface area contributed by atoms with E-state index < -0.39 is 0 Å². The number of ether oxygens (including phenoxy) is 1. The highest BCUT2D eigenvalue weighted by Gasteiger charge is 2.46. The fourth-order valence-corrected chi connectivity index (χ4v) is 4.43. The van der Waals surface area contributed by atoms with Gasteiger partial charge in [0.2, 0.25) is 5.91 Å².